The van der Waals surface area contributed by atoms with Gasteiger partial charge in [0.1, 0.15) is 17.1 Å². The van der Waals surface area contributed by atoms with Crippen molar-refractivity contribution in [3.63, 3.8) is 0 Å². The zero-order valence-electron chi connectivity index (χ0n) is 17.2. The van der Waals surface area contributed by atoms with E-state index in [2.05, 4.69) is 30.9 Å². The van der Waals surface area contributed by atoms with Crippen molar-refractivity contribution in [2.24, 2.45) is 7.05 Å². The number of nitrogens with zero attached hydrogens (tertiary/aromatic N) is 5. The SMILES string of the molecule is CC(C)c1cc(C(=O)Nc2cccc([C@H](C)Nc3cnc4cnn(C)c4n3)c2)no1. The molecule has 9 heteroatoms. The van der Waals surface area contributed by atoms with Crippen molar-refractivity contribution in [2.45, 2.75) is 32.7 Å². The minimum Gasteiger partial charge on any atom is -0.362 e. The third-order valence-electron chi connectivity index (χ3n) is 4.78. The van der Waals surface area contributed by atoms with Gasteiger partial charge in [0.05, 0.1) is 18.4 Å². The number of hydrogen-bond donors (Lipinski definition) is 2. The van der Waals surface area contributed by atoms with Gasteiger partial charge in [-0.15, -0.1) is 0 Å². The summed E-state index contributed by atoms with van der Waals surface area (Å²) in [6, 6.07) is 9.23. The lowest BCUT2D eigenvalue weighted by Crippen LogP contribution is -2.13. The minimum atomic E-state index is -0.309. The molecule has 9 nitrogen and oxygen atoms in total. The lowest BCUT2D eigenvalue weighted by molar-refractivity contribution is 0.101. The Morgan fingerprint density at radius 3 is 2.77 bits per heavy atom. The van der Waals surface area contributed by atoms with E-state index < -0.39 is 0 Å². The number of aryl methyl sites for hydroxylation is 1. The van der Waals surface area contributed by atoms with Crippen LogP contribution in [0.25, 0.3) is 11.2 Å². The number of anilines is 2. The fraction of sp³-hybridized carbons (Fsp3) is 0.286. The molecule has 0 radical (unpaired) electrons. The number of aromatic nitrogens is 5. The summed E-state index contributed by atoms with van der Waals surface area (Å²) in [5.41, 5.74) is 3.38. The van der Waals surface area contributed by atoms with Crippen molar-refractivity contribution in [3.05, 3.63) is 59.7 Å². The molecule has 0 aliphatic heterocycles. The molecule has 1 atom stereocenters. The van der Waals surface area contributed by atoms with E-state index in [1.54, 1.807) is 23.1 Å². The van der Waals surface area contributed by atoms with E-state index in [0.717, 1.165) is 11.1 Å². The van der Waals surface area contributed by atoms with Crippen LogP contribution >= 0.6 is 0 Å². The van der Waals surface area contributed by atoms with Crippen LogP contribution in [0.15, 0.2) is 47.2 Å². The third-order valence-corrected chi connectivity index (χ3v) is 4.78. The molecule has 154 valence electrons. The molecule has 0 unspecified atom stereocenters. The van der Waals surface area contributed by atoms with Crippen LogP contribution in [-0.2, 0) is 7.05 Å². The average molecular weight is 405 g/mol. The van der Waals surface area contributed by atoms with Crippen molar-refractivity contribution in [1.82, 2.24) is 24.9 Å². The summed E-state index contributed by atoms with van der Waals surface area (Å²) in [4.78, 5) is 21.4. The second-order valence-corrected chi connectivity index (χ2v) is 7.45. The number of carbonyl (C=O) groups excluding carboxylic acids is 1. The van der Waals surface area contributed by atoms with Crippen molar-refractivity contribution in [2.75, 3.05) is 10.6 Å². The highest BCUT2D eigenvalue weighted by molar-refractivity contribution is 6.02. The summed E-state index contributed by atoms with van der Waals surface area (Å²) < 4.78 is 6.89. The molecule has 3 aromatic heterocycles. The van der Waals surface area contributed by atoms with Gasteiger partial charge < -0.3 is 15.2 Å². The molecule has 0 saturated carbocycles. The Kier molecular flexibility index (Phi) is 5.18. The van der Waals surface area contributed by atoms with Gasteiger partial charge in [-0.1, -0.05) is 31.1 Å². The number of nitrogens with one attached hydrogen (secondary N) is 2. The van der Waals surface area contributed by atoms with Crippen LogP contribution in [0.5, 0.6) is 0 Å². The van der Waals surface area contributed by atoms with Gasteiger partial charge in [-0.2, -0.15) is 5.10 Å². The number of carbonyl (C=O) groups is 1. The van der Waals surface area contributed by atoms with Crippen molar-refractivity contribution in [3.8, 4) is 0 Å². The monoisotopic (exact) mass is 405 g/mol. The third kappa shape index (κ3) is 4.00. The Morgan fingerprint density at radius 2 is 2.00 bits per heavy atom. The van der Waals surface area contributed by atoms with E-state index >= 15 is 0 Å². The quantitative estimate of drug-likeness (QED) is 0.500. The van der Waals surface area contributed by atoms with Gasteiger partial charge in [-0.05, 0) is 24.6 Å². The maximum absolute atomic E-state index is 12.5. The molecule has 3 heterocycles. The van der Waals surface area contributed by atoms with Crippen molar-refractivity contribution < 1.29 is 9.32 Å². The van der Waals surface area contributed by atoms with Gasteiger partial charge in [-0.25, -0.2) is 14.6 Å². The number of benzene rings is 1. The van der Waals surface area contributed by atoms with Crippen LogP contribution in [-0.4, -0.2) is 30.8 Å². The van der Waals surface area contributed by atoms with Gasteiger partial charge in [0.15, 0.2) is 11.3 Å². The number of fused-ring (bicyclic) bond motifs is 1. The lowest BCUT2D eigenvalue weighted by Gasteiger charge is -2.16. The fourth-order valence-electron chi connectivity index (χ4n) is 3.04. The van der Waals surface area contributed by atoms with Gasteiger partial charge in [0.2, 0.25) is 0 Å². The minimum absolute atomic E-state index is 0.0542. The Bertz CT molecular complexity index is 1200. The van der Waals surface area contributed by atoms with Crippen LogP contribution in [0.1, 0.15) is 54.5 Å². The maximum Gasteiger partial charge on any atom is 0.277 e. The molecule has 0 saturated heterocycles. The first-order valence-corrected chi connectivity index (χ1v) is 9.70. The standard InChI is InChI=1S/C21H23N7O2/c1-12(2)18-9-16(27-30-18)21(29)25-15-7-5-6-14(8-15)13(3)24-19-11-22-17-10-23-28(4)20(17)26-19/h5-13H,1-4H3,(H,24,26)(H,25,29)/t13-/m0/s1. The topological polar surface area (TPSA) is 111 Å². The average Bonchev–Trinajstić information content (AvgIpc) is 3.36. The van der Waals surface area contributed by atoms with Crippen LogP contribution < -0.4 is 10.6 Å². The maximum atomic E-state index is 12.5. The molecule has 30 heavy (non-hydrogen) atoms. The van der Waals surface area contributed by atoms with E-state index in [9.17, 15) is 4.79 Å². The Hall–Kier alpha value is -3.75. The number of rotatable bonds is 6. The van der Waals surface area contributed by atoms with E-state index in [1.807, 2.05) is 52.1 Å². The summed E-state index contributed by atoms with van der Waals surface area (Å²) >= 11 is 0. The van der Waals surface area contributed by atoms with Crippen LogP contribution in [0.3, 0.4) is 0 Å². The summed E-state index contributed by atoms with van der Waals surface area (Å²) in [7, 11) is 1.83. The second kappa shape index (κ2) is 7.94. The number of amides is 1. The summed E-state index contributed by atoms with van der Waals surface area (Å²) in [5, 5.41) is 14.2. The molecule has 0 fully saturated rings. The molecule has 0 aliphatic carbocycles. The molecule has 2 N–H and O–H groups in total. The van der Waals surface area contributed by atoms with Crippen LogP contribution in [0.4, 0.5) is 11.5 Å². The summed E-state index contributed by atoms with van der Waals surface area (Å²) in [6.07, 6.45) is 3.36. The smallest absolute Gasteiger partial charge is 0.277 e. The summed E-state index contributed by atoms with van der Waals surface area (Å²) in [6.45, 7) is 5.98. The molecule has 0 spiro atoms. The van der Waals surface area contributed by atoms with Gasteiger partial charge >= 0.3 is 0 Å². The van der Waals surface area contributed by atoms with Crippen LogP contribution in [0.2, 0.25) is 0 Å². The molecular weight excluding hydrogens is 382 g/mol. The normalized spacial score (nSPS) is 12.3. The van der Waals surface area contributed by atoms with E-state index in [1.165, 1.54) is 0 Å². The van der Waals surface area contributed by atoms with Crippen LogP contribution in [0, 0.1) is 0 Å². The van der Waals surface area contributed by atoms with E-state index in [0.29, 0.717) is 22.9 Å². The molecule has 0 bridgehead atoms. The Labute approximate surface area is 173 Å². The predicted octanol–water partition coefficient (Wildman–Crippen LogP) is 3.90. The van der Waals surface area contributed by atoms with Gasteiger partial charge in [0, 0.05) is 24.7 Å². The van der Waals surface area contributed by atoms with Gasteiger partial charge in [0.25, 0.3) is 5.91 Å². The molecule has 1 amide bonds. The second-order valence-electron chi connectivity index (χ2n) is 7.45. The Morgan fingerprint density at radius 1 is 1.17 bits per heavy atom. The molecule has 4 rings (SSSR count). The van der Waals surface area contributed by atoms with Crippen molar-refractivity contribution in [1.29, 1.82) is 0 Å². The molecule has 4 aromatic rings. The Balaban J connectivity index is 1.47. The van der Waals surface area contributed by atoms with Crippen molar-refractivity contribution >= 4 is 28.6 Å². The predicted molar refractivity (Wildman–Crippen MR) is 113 cm³/mol. The van der Waals surface area contributed by atoms with E-state index in [4.69, 9.17) is 4.52 Å². The fourth-order valence-corrected chi connectivity index (χ4v) is 3.04. The zero-order valence-corrected chi connectivity index (χ0v) is 17.2. The first-order chi connectivity index (χ1) is 14.4. The highest BCUT2D eigenvalue weighted by Crippen LogP contribution is 2.22. The summed E-state index contributed by atoms with van der Waals surface area (Å²) in [5.74, 6) is 1.19. The zero-order chi connectivity index (χ0) is 21.3. The van der Waals surface area contributed by atoms with Gasteiger partial charge in [-0.3, -0.25) is 4.79 Å². The highest BCUT2D eigenvalue weighted by Gasteiger charge is 2.15. The first-order valence-electron chi connectivity index (χ1n) is 9.70. The molecule has 1 aromatic carbocycles. The molecular formula is C21H23N7O2. The number of hydrogen-bond acceptors (Lipinski definition) is 7. The molecule has 0 aliphatic rings. The first kappa shape index (κ1) is 19.6. The highest BCUT2D eigenvalue weighted by atomic mass is 16.5. The largest absolute Gasteiger partial charge is 0.362 e. The van der Waals surface area contributed by atoms with E-state index in [-0.39, 0.29) is 23.6 Å². The lowest BCUT2D eigenvalue weighted by atomic mass is 10.1.